The third-order valence-electron chi connectivity index (χ3n) is 4.53. The minimum atomic E-state index is -0.146. The minimum absolute atomic E-state index is 0.146. The molecule has 5 nitrogen and oxygen atoms in total. The van der Waals surface area contributed by atoms with E-state index in [0.29, 0.717) is 18.9 Å². The van der Waals surface area contributed by atoms with Gasteiger partial charge < -0.3 is 10.2 Å². The van der Waals surface area contributed by atoms with Gasteiger partial charge in [-0.15, -0.1) is 0 Å². The molecule has 3 rings (SSSR count). The van der Waals surface area contributed by atoms with Crippen molar-refractivity contribution in [1.82, 2.24) is 20.0 Å². The molecule has 1 saturated heterocycles. The molecule has 1 fully saturated rings. The van der Waals surface area contributed by atoms with Gasteiger partial charge in [-0.2, -0.15) is 5.10 Å². The Morgan fingerprint density at radius 1 is 1.42 bits per heavy atom. The first-order valence-electron chi connectivity index (χ1n) is 8.35. The maximum absolute atomic E-state index is 13.7. The van der Waals surface area contributed by atoms with Crippen molar-refractivity contribution in [2.45, 2.75) is 18.8 Å². The van der Waals surface area contributed by atoms with Crippen molar-refractivity contribution >= 4 is 5.96 Å². The summed E-state index contributed by atoms with van der Waals surface area (Å²) in [6, 6.07) is 6.91. The maximum Gasteiger partial charge on any atom is 0.193 e. The Morgan fingerprint density at radius 3 is 2.96 bits per heavy atom. The van der Waals surface area contributed by atoms with E-state index >= 15 is 0 Å². The van der Waals surface area contributed by atoms with Crippen LogP contribution in [0.25, 0.3) is 0 Å². The van der Waals surface area contributed by atoms with Crippen LogP contribution in [0.1, 0.15) is 23.5 Å². The van der Waals surface area contributed by atoms with Crippen molar-refractivity contribution in [3.63, 3.8) is 0 Å². The molecule has 2 aromatic rings. The Hall–Kier alpha value is -2.37. The Balaban J connectivity index is 1.53. The molecule has 1 aromatic heterocycles. The van der Waals surface area contributed by atoms with E-state index in [2.05, 4.69) is 26.5 Å². The summed E-state index contributed by atoms with van der Waals surface area (Å²) < 4.78 is 15.5. The predicted octanol–water partition coefficient (Wildman–Crippen LogP) is 2.17. The van der Waals surface area contributed by atoms with Crippen LogP contribution in [0.15, 0.2) is 41.7 Å². The summed E-state index contributed by atoms with van der Waals surface area (Å²) in [6.45, 7) is 2.58. The number of aromatic nitrogens is 2. The van der Waals surface area contributed by atoms with E-state index in [1.165, 1.54) is 11.6 Å². The lowest BCUT2D eigenvalue weighted by Crippen LogP contribution is -2.40. The summed E-state index contributed by atoms with van der Waals surface area (Å²) >= 11 is 0. The molecule has 0 aliphatic carbocycles. The van der Waals surface area contributed by atoms with Gasteiger partial charge in [0, 0.05) is 45.8 Å². The number of guanidine groups is 1. The van der Waals surface area contributed by atoms with Crippen LogP contribution in [0.4, 0.5) is 4.39 Å². The van der Waals surface area contributed by atoms with Crippen LogP contribution in [0.2, 0.25) is 0 Å². The quantitative estimate of drug-likeness (QED) is 0.691. The van der Waals surface area contributed by atoms with E-state index < -0.39 is 0 Å². The lowest BCUT2D eigenvalue weighted by atomic mass is 10.0. The number of halogens is 1. The van der Waals surface area contributed by atoms with E-state index in [1.54, 1.807) is 13.1 Å². The molecule has 1 atom stereocenters. The number of aliphatic imine (C=N–C) groups is 1. The van der Waals surface area contributed by atoms with Gasteiger partial charge in [0.05, 0.1) is 6.20 Å². The Kier molecular flexibility index (Phi) is 5.13. The van der Waals surface area contributed by atoms with Crippen molar-refractivity contribution in [1.29, 1.82) is 0 Å². The highest BCUT2D eigenvalue weighted by Crippen LogP contribution is 2.26. The molecule has 0 amide bonds. The first kappa shape index (κ1) is 16.5. The molecule has 1 aromatic carbocycles. The predicted molar refractivity (Wildman–Crippen MR) is 93.6 cm³/mol. The third kappa shape index (κ3) is 3.75. The fraction of sp³-hybridized carbons (Fsp3) is 0.444. The fourth-order valence-corrected chi connectivity index (χ4v) is 3.22. The van der Waals surface area contributed by atoms with Crippen molar-refractivity contribution in [2.75, 3.05) is 26.7 Å². The Bertz CT molecular complexity index is 709. The van der Waals surface area contributed by atoms with E-state index in [4.69, 9.17) is 0 Å². The topological polar surface area (TPSA) is 45.5 Å². The van der Waals surface area contributed by atoms with Gasteiger partial charge in [-0.1, -0.05) is 18.2 Å². The first-order valence-corrected chi connectivity index (χ1v) is 8.35. The van der Waals surface area contributed by atoms with Gasteiger partial charge in [-0.25, -0.2) is 4.39 Å². The van der Waals surface area contributed by atoms with Crippen molar-refractivity contribution in [3.05, 3.63) is 53.6 Å². The van der Waals surface area contributed by atoms with E-state index in [9.17, 15) is 4.39 Å². The SMILES string of the molecule is CN=C(NCCc1ccccc1F)N1CCC(c2cnn(C)c2)C1. The van der Waals surface area contributed by atoms with Crippen molar-refractivity contribution in [3.8, 4) is 0 Å². The zero-order valence-electron chi connectivity index (χ0n) is 14.2. The summed E-state index contributed by atoms with van der Waals surface area (Å²) in [5, 5.41) is 7.61. The molecule has 1 N–H and O–H groups in total. The van der Waals surface area contributed by atoms with Crippen LogP contribution in [0.5, 0.6) is 0 Å². The van der Waals surface area contributed by atoms with Gasteiger partial charge in [0.25, 0.3) is 0 Å². The fourth-order valence-electron chi connectivity index (χ4n) is 3.22. The lowest BCUT2D eigenvalue weighted by Gasteiger charge is -2.21. The van der Waals surface area contributed by atoms with Gasteiger partial charge >= 0.3 is 0 Å². The normalized spacial score (nSPS) is 18.2. The van der Waals surface area contributed by atoms with Gasteiger partial charge in [0.1, 0.15) is 5.82 Å². The van der Waals surface area contributed by atoms with Gasteiger partial charge in [0.15, 0.2) is 5.96 Å². The highest BCUT2D eigenvalue weighted by atomic mass is 19.1. The van der Waals surface area contributed by atoms with Crippen LogP contribution in [-0.4, -0.2) is 47.3 Å². The molecule has 6 heteroatoms. The zero-order valence-corrected chi connectivity index (χ0v) is 14.2. The lowest BCUT2D eigenvalue weighted by molar-refractivity contribution is 0.486. The van der Waals surface area contributed by atoms with Crippen LogP contribution in [0, 0.1) is 5.82 Å². The van der Waals surface area contributed by atoms with Crippen LogP contribution < -0.4 is 5.32 Å². The molecule has 1 aliphatic rings. The summed E-state index contributed by atoms with van der Waals surface area (Å²) in [5.41, 5.74) is 2.01. The number of hydrogen-bond acceptors (Lipinski definition) is 2. The number of aryl methyl sites for hydroxylation is 1. The van der Waals surface area contributed by atoms with Crippen molar-refractivity contribution in [2.24, 2.45) is 12.0 Å². The monoisotopic (exact) mass is 329 g/mol. The molecule has 0 bridgehead atoms. The number of nitrogens with zero attached hydrogens (tertiary/aromatic N) is 4. The third-order valence-corrected chi connectivity index (χ3v) is 4.53. The Morgan fingerprint density at radius 2 is 2.25 bits per heavy atom. The summed E-state index contributed by atoms with van der Waals surface area (Å²) in [5.74, 6) is 1.23. The van der Waals surface area contributed by atoms with E-state index in [0.717, 1.165) is 31.0 Å². The first-order chi connectivity index (χ1) is 11.7. The number of benzene rings is 1. The molecule has 0 spiro atoms. The van der Waals surface area contributed by atoms with Crippen molar-refractivity contribution < 1.29 is 4.39 Å². The molecule has 1 aliphatic heterocycles. The highest BCUT2D eigenvalue weighted by molar-refractivity contribution is 5.80. The largest absolute Gasteiger partial charge is 0.356 e. The van der Waals surface area contributed by atoms with Gasteiger partial charge in [0.2, 0.25) is 0 Å². The summed E-state index contributed by atoms with van der Waals surface area (Å²) in [4.78, 5) is 6.64. The second-order valence-electron chi connectivity index (χ2n) is 6.19. The van der Waals surface area contributed by atoms with Gasteiger partial charge in [-0.05, 0) is 30.0 Å². The van der Waals surface area contributed by atoms with Gasteiger partial charge in [-0.3, -0.25) is 9.67 Å². The highest BCUT2D eigenvalue weighted by Gasteiger charge is 2.26. The maximum atomic E-state index is 13.7. The van der Waals surface area contributed by atoms with Crippen LogP contribution in [0.3, 0.4) is 0 Å². The average molecular weight is 329 g/mol. The molecule has 24 heavy (non-hydrogen) atoms. The summed E-state index contributed by atoms with van der Waals surface area (Å²) in [6.07, 6.45) is 5.77. The molecule has 0 radical (unpaired) electrons. The standard InChI is InChI=1S/C18H24FN5/c1-20-18(21-9-7-14-5-3-4-6-17(14)19)24-10-8-15(13-24)16-11-22-23(2)12-16/h3-6,11-12,15H,7-10,13H2,1-2H3,(H,20,21). The minimum Gasteiger partial charge on any atom is -0.356 e. The molecule has 1 unspecified atom stereocenters. The molecular weight excluding hydrogens is 305 g/mol. The summed E-state index contributed by atoms with van der Waals surface area (Å²) in [7, 11) is 3.74. The number of nitrogens with one attached hydrogen (secondary N) is 1. The number of rotatable bonds is 4. The molecule has 2 heterocycles. The smallest absolute Gasteiger partial charge is 0.193 e. The average Bonchev–Trinajstić information content (AvgIpc) is 3.22. The Labute approximate surface area is 142 Å². The second-order valence-corrected chi connectivity index (χ2v) is 6.19. The zero-order chi connectivity index (χ0) is 16.9. The second kappa shape index (κ2) is 7.47. The number of likely N-dealkylation sites (tertiary alicyclic amines) is 1. The van der Waals surface area contributed by atoms with Crippen LogP contribution >= 0.6 is 0 Å². The number of hydrogen-bond donors (Lipinski definition) is 1. The van der Waals surface area contributed by atoms with E-state index in [-0.39, 0.29) is 5.82 Å². The van der Waals surface area contributed by atoms with Crippen LogP contribution in [-0.2, 0) is 13.5 Å². The molecule has 128 valence electrons. The molecule has 0 saturated carbocycles. The van der Waals surface area contributed by atoms with E-state index in [1.807, 2.05) is 30.1 Å². The molecular formula is C18H24FN5.